The van der Waals surface area contributed by atoms with Crippen LogP contribution in [0.5, 0.6) is 23.0 Å². The summed E-state index contributed by atoms with van der Waals surface area (Å²) in [6.45, 7) is 9.26. The van der Waals surface area contributed by atoms with Crippen LogP contribution in [0, 0.1) is 0 Å². The zero-order chi connectivity index (χ0) is 29.8. The second kappa shape index (κ2) is 12.5. The third kappa shape index (κ3) is 5.63. The first-order valence-corrected chi connectivity index (χ1v) is 13.8. The number of rotatable bonds is 11. The summed E-state index contributed by atoms with van der Waals surface area (Å²) >= 11 is 0. The molecular weight excluding hydrogens is 535 g/mol. The van der Waals surface area contributed by atoms with E-state index in [9.17, 15) is 9.59 Å². The van der Waals surface area contributed by atoms with Gasteiger partial charge in [0.1, 0.15) is 0 Å². The second-order valence-electron chi connectivity index (χ2n) is 10.2. The Kier molecular flexibility index (Phi) is 8.65. The van der Waals surface area contributed by atoms with E-state index in [4.69, 9.17) is 26.8 Å². The molecule has 3 aliphatic heterocycles. The highest BCUT2D eigenvalue weighted by atomic mass is 16.5. The van der Waals surface area contributed by atoms with Crippen molar-refractivity contribution in [1.82, 2.24) is 9.80 Å². The lowest BCUT2D eigenvalue weighted by Gasteiger charge is -2.26. The van der Waals surface area contributed by atoms with Gasteiger partial charge < -0.3 is 28.7 Å². The van der Waals surface area contributed by atoms with Gasteiger partial charge in [-0.05, 0) is 18.6 Å². The number of amides is 2. The van der Waals surface area contributed by atoms with Crippen LogP contribution in [-0.2, 0) is 0 Å². The van der Waals surface area contributed by atoms with Gasteiger partial charge in [0, 0.05) is 44.1 Å². The lowest BCUT2D eigenvalue weighted by molar-refractivity contribution is 0.0757. The van der Waals surface area contributed by atoms with Crippen molar-refractivity contribution in [2.75, 3.05) is 40.5 Å². The Labute approximate surface area is 246 Å². The van der Waals surface area contributed by atoms with E-state index in [-0.39, 0.29) is 30.2 Å². The van der Waals surface area contributed by atoms with Crippen LogP contribution >= 0.6 is 0 Å². The molecule has 0 bridgehead atoms. The molecule has 0 saturated carbocycles. The quantitative estimate of drug-likeness (QED) is 0.227. The maximum Gasteiger partial charge on any atom is 0.257 e. The molecule has 2 atom stereocenters. The van der Waals surface area contributed by atoms with Gasteiger partial charge in [-0.25, -0.2) is 0 Å². The van der Waals surface area contributed by atoms with Crippen LogP contribution in [-0.4, -0.2) is 94.5 Å². The van der Waals surface area contributed by atoms with Gasteiger partial charge in [0.2, 0.25) is 0 Å². The van der Waals surface area contributed by atoms with Gasteiger partial charge in [0.05, 0.1) is 69.9 Å². The van der Waals surface area contributed by atoms with Crippen molar-refractivity contribution in [2.45, 2.75) is 31.2 Å². The Hall–Kier alpha value is -4.54. The number of aliphatic imine (C=N–C) groups is 2. The number of hydrogen-bond donors (Lipinski definition) is 0. The van der Waals surface area contributed by atoms with Crippen molar-refractivity contribution >= 4 is 43.5 Å². The zero-order valence-electron chi connectivity index (χ0n) is 23.9. The van der Waals surface area contributed by atoms with Crippen LogP contribution in [0.1, 0.15) is 33.6 Å². The number of carbonyl (C=O) groups excluding carboxylic acids is 2. The topological polar surface area (TPSA) is 102 Å². The molecule has 10 nitrogen and oxygen atoms in total. The third-order valence-corrected chi connectivity index (χ3v) is 7.38. The molecule has 0 aliphatic carbocycles. The average Bonchev–Trinajstić information content (AvgIpc) is 3.26. The number of nitrogens with zero attached hydrogens (tertiary/aromatic N) is 4. The molecule has 216 valence electrons. The maximum absolute atomic E-state index is 13.2. The number of carbonyl (C=O) groups is 2. The summed E-state index contributed by atoms with van der Waals surface area (Å²) in [5, 5.41) is 0. The van der Waals surface area contributed by atoms with E-state index in [1.165, 1.54) is 14.2 Å². The van der Waals surface area contributed by atoms with E-state index in [1.54, 1.807) is 52.6 Å². The molecule has 2 unspecified atom stereocenters. The first kappa shape index (κ1) is 29.0. The van der Waals surface area contributed by atoms with Gasteiger partial charge in [-0.3, -0.25) is 19.6 Å². The van der Waals surface area contributed by atoms with E-state index >= 15 is 0 Å². The molecule has 2 aromatic carbocycles. The van der Waals surface area contributed by atoms with Crippen molar-refractivity contribution in [3.05, 3.63) is 60.2 Å². The first-order chi connectivity index (χ1) is 20.4. The summed E-state index contributed by atoms with van der Waals surface area (Å²) in [6.07, 6.45) is 6.61. The zero-order valence-corrected chi connectivity index (χ0v) is 23.9. The summed E-state index contributed by atoms with van der Waals surface area (Å²) in [7, 11) is 8.94. The number of hydrogen-bond acceptors (Lipinski definition) is 8. The minimum atomic E-state index is -0.346. The normalized spacial score (nSPS) is 19.0. The van der Waals surface area contributed by atoms with Crippen molar-refractivity contribution in [3.63, 3.8) is 0 Å². The molecule has 5 rings (SSSR count). The molecular formula is C31H33BN4O6. The fourth-order valence-electron chi connectivity index (χ4n) is 5.23. The lowest BCUT2D eigenvalue weighted by Crippen LogP contribution is -2.40. The van der Waals surface area contributed by atoms with Crippen LogP contribution in [0.25, 0.3) is 0 Å². The summed E-state index contributed by atoms with van der Waals surface area (Å²) in [5.74, 6) is 1.51. The standard InChI is InChI=1S/C31H33BN4O6/c1-5-7-35-21(15-32)17-34-24-13-28(26(39-3)11-22(24)30(35)37)41-8-6-9-42-29-14-25-23(12-27(29)40-4)31(38)36-18-19(2)10-20(36)16-33-25/h5,11-14,16-17,20-21H,1-2,6-10,15,18H2,3-4H3. The SMILES string of the molecule is [B]CC1C=Nc2cc(OCCCOc3cc4c(cc3OC)C(=O)N3CC(=C)CC3C=N4)c(OC)cc2C(=O)N1CC=C. The van der Waals surface area contributed by atoms with E-state index in [0.29, 0.717) is 84.6 Å². The predicted molar refractivity (Wildman–Crippen MR) is 162 cm³/mol. The molecule has 0 N–H and O–H groups in total. The molecule has 0 spiro atoms. The Morgan fingerprint density at radius 3 is 2.10 bits per heavy atom. The average molecular weight is 568 g/mol. The number of ether oxygens (including phenoxy) is 4. The van der Waals surface area contributed by atoms with Crippen molar-refractivity contribution in [1.29, 1.82) is 0 Å². The minimum absolute atomic E-state index is 0.0909. The molecule has 2 radical (unpaired) electrons. The van der Waals surface area contributed by atoms with Crippen LogP contribution in [0.3, 0.4) is 0 Å². The monoisotopic (exact) mass is 568 g/mol. The molecule has 3 heterocycles. The van der Waals surface area contributed by atoms with Gasteiger partial charge in [0.25, 0.3) is 11.8 Å². The molecule has 1 fully saturated rings. The van der Waals surface area contributed by atoms with Gasteiger partial charge in [0.15, 0.2) is 23.0 Å². The van der Waals surface area contributed by atoms with E-state index in [0.717, 1.165) is 5.57 Å². The lowest BCUT2D eigenvalue weighted by atomic mass is 9.96. The van der Waals surface area contributed by atoms with Crippen molar-refractivity contribution in [3.8, 4) is 23.0 Å². The summed E-state index contributed by atoms with van der Waals surface area (Å²) in [6, 6.07) is 6.30. The highest BCUT2D eigenvalue weighted by Gasteiger charge is 2.34. The van der Waals surface area contributed by atoms with Crippen LogP contribution in [0.4, 0.5) is 11.4 Å². The summed E-state index contributed by atoms with van der Waals surface area (Å²) < 4.78 is 23.1. The van der Waals surface area contributed by atoms with Gasteiger partial charge in [-0.1, -0.05) is 24.5 Å². The Morgan fingerprint density at radius 2 is 1.52 bits per heavy atom. The number of benzene rings is 2. The minimum Gasteiger partial charge on any atom is -0.493 e. The number of methoxy groups -OCH3 is 2. The van der Waals surface area contributed by atoms with E-state index in [2.05, 4.69) is 23.1 Å². The van der Waals surface area contributed by atoms with Gasteiger partial charge >= 0.3 is 0 Å². The molecule has 42 heavy (non-hydrogen) atoms. The number of fused-ring (bicyclic) bond motifs is 3. The second-order valence-corrected chi connectivity index (χ2v) is 10.2. The van der Waals surface area contributed by atoms with Crippen LogP contribution < -0.4 is 18.9 Å². The Bertz CT molecular complexity index is 1470. The molecule has 0 aromatic heterocycles. The van der Waals surface area contributed by atoms with Gasteiger partial charge in [-0.2, -0.15) is 0 Å². The van der Waals surface area contributed by atoms with Crippen LogP contribution in [0.15, 0.2) is 59.1 Å². The smallest absolute Gasteiger partial charge is 0.257 e. The first-order valence-electron chi connectivity index (χ1n) is 13.8. The van der Waals surface area contributed by atoms with E-state index < -0.39 is 0 Å². The molecule has 2 aromatic rings. The Balaban J connectivity index is 1.25. The summed E-state index contributed by atoms with van der Waals surface area (Å²) in [4.78, 5) is 38.9. The van der Waals surface area contributed by atoms with Gasteiger partial charge in [-0.15, -0.1) is 6.58 Å². The summed E-state index contributed by atoms with van der Waals surface area (Å²) in [5.41, 5.74) is 2.90. The predicted octanol–water partition coefficient (Wildman–Crippen LogP) is 4.34. The fourth-order valence-corrected chi connectivity index (χ4v) is 5.23. The third-order valence-electron chi connectivity index (χ3n) is 7.38. The van der Waals surface area contributed by atoms with Crippen molar-refractivity contribution in [2.24, 2.45) is 9.98 Å². The molecule has 11 heteroatoms. The largest absolute Gasteiger partial charge is 0.493 e. The Morgan fingerprint density at radius 1 is 0.929 bits per heavy atom. The van der Waals surface area contributed by atoms with Crippen molar-refractivity contribution < 1.29 is 28.5 Å². The highest BCUT2D eigenvalue weighted by molar-refractivity contribution is 6.12. The molecule has 2 amide bonds. The highest BCUT2D eigenvalue weighted by Crippen LogP contribution is 2.39. The molecule has 3 aliphatic rings. The van der Waals surface area contributed by atoms with E-state index in [1.807, 2.05) is 0 Å². The fraction of sp³-hybridized carbons (Fsp3) is 0.355. The van der Waals surface area contributed by atoms with Crippen LogP contribution in [0.2, 0.25) is 6.32 Å². The maximum atomic E-state index is 13.2. The molecule has 1 saturated heterocycles.